The molecule has 1 rings (SSSR count). The van der Waals surface area contributed by atoms with Crippen molar-refractivity contribution < 1.29 is 4.79 Å². The summed E-state index contributed by atoms with van der Waals surface area (Å²) in [6.45, 7) is 8.18. The van der Waals surface area contributed by atoms with Gasteiger partial charge in [0, 0.05) is 24.7 Å². The molecule has 0 saturated heterocycles. The Kier molecular flexibility index (Phi) is 4.95. The second-order valence-corrected chi connectivity index (χ2v) is 5.32. The second-order valence-electron chi connectivity index (χ2n) is 5.32. The lowest BCUT2D eigenvalue weighted by molar-refractivity contribution is -0.133. The van der Waals surface area contributed by atoms with E-state index in [4.69, 9.17) is 5.73 Å². The van der Waals surface area contributed by atoms with E-state index in [1.54, 1.807) is 0 Å². The fraction of sp³-hybridized carbons (Fsp3) is 0.923. The number of rotatable bonds is 7. The third-order valence-corrected chi connectivity index (χ3v) is 4.14. The third-order valence-electron chi connectivity index (χ3n) is 4.14. The van der Waals surface area contributed by atoms with Gasteiger partial charge in [0.25, 0.3) is 0 Å². The van der Waals surface area contributed by atoms with Crippen LogP contribution < -0.4 is 5.73 Å². The summed E-state index contributed by atoms with van der Waals surface area (Å²) in [4.78, 5) is 16.3. The molecule has 0 bridgehead atoms. The van der Waals surface area contributed by atoms with Gasteiger partial charge >= 0.3 is 0 Å². The van der Waals surface area contributed by atoms with Crippen LogP contribution in [0.4, 0.5) is 0 Å². The molecule has 1 fully saturated rings. The summed E-state index contributed by atoms with van der Waals surface area (Å²) in [6.07, 6.45) is 3.30. The van der Waals surface area contributed by atoms with Crippen molar-refractivity contribution in [2.75, 3.05) is 26.7 Å². The molecule has 0 aromatic carbocycles. The lowest BCUT2D eigenvalue weighted by Gasteiger charge is -2.38. The Morgan fingerprint density at radius 3 is 2.35 bits per heavy atom. The Bertz CT molecular complexity index is 259. The number of carbonyl (C=O) groups excluding carboxylic acids is 1. The number of nitrogens with two attached hydrogens (primary N) is 1. The molecule has 0 radical (unpaired) electrons. The summed E-state index contributed by atoms with van der Waals surface area (Å²) in [5.74, 6) is 0.241. The summed E-state index contributed by atoms with van der Waals surface area (Å²) in [5, 5.41) is 0. The molecule has 0 aromatic heterocycles. The number of carbonyl (C=O) groups is 1. The fourth-order valence-corrected chi connectivity index (χ4v) is 2.08. The molecule has 1 aliphatic carbocycles. The van der Waals surface area contributed by atoms with Crippen LogP contribution in [-0.4, -0.2) is 54.0 Å². The highest BCUT2D eigenvalue weighted by molar-refractivity contribution is 5.79. The summed E-state index contributed by atoms with van der Waals surface area (Å²) < 4.78 is 0. The maximum absolute atomic E-state index is 12.2. The first-order chi connectivity index (χ1) is 7.98. The number of nitrogens with zero attached hydrogens (tertiary/aromatic N) is 2. The van der Waals surface area contributed by atoms with Crippen molar-refractivity contribution in [2.24, 2.45) is 5.73 Å². The van der Waals surface area contributed by atoms with Crippen LogP contribution in [-0.2, 0) is 4.79 Å². The Hall–Kier alpha value is -0.610. The van der Waals surface area contributed by atoms with E-state index in [1.807, 2.05) is 11.9 Å². The predicted molar refractivity (Wildman–Crippen MR) is 70.8 cm³/mol. The van der Waals surface area contributed by atoms with Gasteiger partial charge in [-0.1, -0.05) is 6.92 Å². The quantitative estimate of drug-likeness (QED) is 0.725. The van der Waals surface area contributed by atoms with E-state index in [0.717, 1.165) is 13.0 Å². The number of hydrogen-bond donors (Lipinski definition) is 1. The molecule has 0 aromatic rings. The van der Waals surface area contributed by atoms with E-state index < -0.39 is 0 Å². The first-order valence-corrected chi connectivity index (χ1v) is 6.69. The summed E-state index contributed by atoms with van der Waals surface area (Å²) in [6, 6.07) is 0.506. The molecule has 4 nitrogen and oxygen atoms in total. The van der Waals surface area contributed by atoms with Crippen LogP contribution in [0.15, 0.2) is 0 Å². The van der Waals surface area contributed by atoms with Crippen LogP contribution in [0.2, 0.25) is 0 Å². The molecule has 1 saturated carbocycles. The number of likely N-dealkylation sites (N-methyl/N-ethyl adjacent to an activating group) is 2. The maximum atomic E-state index is 12.2. The van der Waals surface area contributed by atoms with Gasteiger partial charge in [0.2, 0.25) is 5.91 Å². The molecule has 1 aliphatic rings. The molecule has 0 spiro atoms. The van der Waals surface area contributed by atoms with Gasteiger partial charge in [0.1, 0.15) is 0 Å². The zero-order valence-corrected chi connectivity index (χ0v) is 11.7. The van der Waals surface area contributed by atoms with E-state index in [0.29, 0.717) is 19.1 Å². The van der Waals surface area contributed by atoms with Gasteiger partial charge in [0.05, 0.1) is 6.54 Å². The average molecular weight is 241 g/mol. The van der Waals surface area contributed by atoms with Gasteiger partial charge in [-0.3, -0.25) is 9.69 Å². The van der Waals surface area contributed by atoms with Crippen molar-refractivity contribution in [3.8, 4) is 0 Å². The topological polar surface area (TPSA) is 49.6 Å². The maximum Gasteiger partial charge on any atom is 0.236 e. The van der Waals surface area contributed by atoms with Gasteiger partial charge in [0.15, 0.2) is 0 Å². The molecule has 1 unspecified atom stereocenters. The Labute approximate surface area is 105 Å². The van der Waals surface area contributed by atoms with E-state index in [1.165, 1.54) is 12.8 Å². The van der Waals surface area contributed by atoms with E-state index >= 15 is 0 Å². The van der Waals surface area contributed by atoms with Crippen LogP contribution in [0.3, 0.4) is 0 Å². The van der Waals surface area contributed by atoms with E-state index in [-0.39, 0.29) is 11.4 Å². The van der Waals surface area contributed by atoms with Gasteiger partial charge in [-0.05, 0) is 40.2 Å². The summed E-state index contributed by atoms with van der Waals surface area (Å²) in [5.41, 5.74) is 5.74. The largest absolute Gasteiger partial charge is 0.339 e. The molecule has 1 amide bonds. The third kappa shape index (κ3) is 3.42. The molecular formula is C13H27N3O. The van der Waals surface area contributed by atoms with Gasteiger partial charge in [-0.2, -0.15) is 0 Å². The van der Waals surface area contributed by atoms with E-state index in [2.05, 4.69) is 25.7 Å². The number of hydrogen-bond acceptors (Lipinski definition) is 3. The summed E-state index contributed by atoms with van der Waals surface area (Å²) >= 11 is 0. The van der Waals surface area contributed by atoms with Gasteiger partial charge in [-0.25, -0.2) is 0 Å². The van der Waals surface area contributed by atoms with Gasteiger partial charge in [-0.15, -0.1) is 0 Å². The van der Waals surface area contributed by atoms with Crippen molar-refractivity contribution in [3.63, 3.8) is 0 Å². The highest BCUT2D eigenvalue weighted by Crippen LogP contribution is 2.27. The second kappa shape index (κ2) is 5.83. The van der Waals surface area contributed by atoms with Gasteiger partial charge < -0.3 is 10.6 Å². The first-order valence-electron chi connectivity index (χ1n) is 6.69. The molecule has 0 heterocycles. The first kappa shape index (κ1) is 14.5. The summed E-state index contributed by atoms with van der Waals surface area (Å²) in [7, 11) is 2.00. The van der Waals surface area contributed by atoms with Crippen molar-refractivity contribution in [2.45, 2.75) is 51.6 Å². The van der Waals surface area contributed by atoms with Crippen molar-refractivity contribution in [1.82, 2.24) is 9.80 Å². The average Bonchev–Trinajstić information content (AvgIpc) is 3.13. The molecule has 2 N–H and O–H groups in total. The highest BCUT2D eigenvalue weighted by atomic mass is 16.2. The zero-order chi connectivity index (χ0) is 13.1. The Balaban J connectivity index is 2.54. The fourth-order valence-electron chi connectivity index (χ4n) is 2.08. The molecule has 17 heavy (non-hydrogen) atoms. The zero-order valence-electron chi connectivity index (χ0n) is 11.7. The molecular weight excluding hydrogens is 214 g/mol. The van der Waals surface area contributed by atoms with Crippen LogP contribution in [0.25, 0.3) is 0 Å². The van der Waals surface area contributed by atoms with Crippen LogP contribution in [0, 0.1) is 0 Å². The smallest absolute Gasteiger partial charge is 0.236 e. The van der Waals surface area contributed by atoms with E-state index in [9.17, 15) is 4.79 Å². The highest BCUT2D eigenvalue weighted by Gasteiger charge is 2.34. The normalized spacial score (nSPS) is 19.2. The molecule has 0 aliphatic heterocycles. The van der Waals surface area contributed by atoms with Crippen LogP contribution in [0.1, 0.15) is 40.0 Å². The standard InChI is InChI=1S/C13H27N3O/c1-5-13(3,10-14)15(4)9-12(17)16(6-2)11-7-8-11/h11H,5-10,14H2,1-4H3. The van der Waals surface area contributed by atoms with Crippen LogP contribution in [0.5, 0.6) is 0 Å². The minimum absolute atomic E-state index is 0.0708. The number of amides is 1. The van der Waals surface area contributed by atoms with Crippen molar-refractivity contribution in [3.05, 3.63) is 0 Å². The minimum Gasteiger partial charge on any atom is -0.339 e. The SMILES string of the molecule is CCN(C(=O)CN(C)C(C)(CC)CN)C1CC1. The van der Waals surface area contributed by atoms with Crippen LogP contribution >= 0.6 is 0 Å². The molecule has 100 valence electrons. The Morgan fingerprint density at radius 1 is 1.41 bits per heavy atom. The minimum atomic E-state index is -0.0708. The molecule has 4 heteroatoms. The monoisotopic (exact) mass is 241 g/mol. The van der Waals surface area contributed by atoms with Crippen molar-refractivity contribution in [1.29, 1.82) is 0 Å². The lowest BCUT2D eigenvalue weighted by Crippen LogP contribution is -2.53. The lowest BCUT2D eigenvalue weighted by atomic mass is 9.97. The molecule has 1 atom stereocenters. The Morgan fingerprint density at radius 2 is 2.00 bits per heavy atom. The predicted octanol–water partition coefficient (Wildman–Crippen LogP) is 1.06. The van der Waals surface area contributed by atoms with Crippen molar-refractivity contribution >= 4 is 5.91 Å².